The minimum atomic E-state index is 0.0426. The fourth-order valence-corrected chi connectivity index (χ4v) is 3.14. The van der Waals surface area contributed by atoms with Crippen LogP contribution in [0.15, 0.2) is 61.1 Å². The van der Waals surface area contributed by atoms with Gasteiger partial charge in [-0.25, -0.2) is 9.67 Å². The zero-order chi connectivity index (χ0) is 19.3. The molecule has 0 N–H and O–H groups in total. The number of amides is 1. The van der Waals surface area contributed by atoms with Gasteiger partial charge in [-0.15, -0.1) is 0 Å². The topological polar surface area (TPSA) is 54.3 Å². The van der Waals surface area contributed by atoms with Crippen LogP contribution < -0.4 is 0 Å². The molecular formula is C22H21N5O. The van der Waals surface area contributed by atoms with Crippen molar-refractivity contribution in [3.05, 3.63) is 77.9 Å². The van der Waals surface area contributed by atoms with Gasteiger partial charge in [0.1, 0.15) is 5.69 Å². The minimum absolute atomic E-state index is 0.0426. The van der Waals surface area contributed by atoms with E-state index in [0.29, 0.717) is 11.3 Å². The smallest absolute Gasteiger partial charge is 0.253 e. The second-order valence-corrected chi connectivity index (χ2v) is 6.74. The van der Waals surface area contributed by atoms with Crippen molar-refractivity contribution in [2.75, 3.05) is 33.2 Å². The summed E-state index contributed by atoms with van der Waals surface area (Å²) in [4.78, 5) is 21.3. The monoisotopic (exact) mass is 371 g/mol. The number of likely N-dealkylation sites (N-methyl/N-ethyl adjacent to an activating group) is 1. The Morgan fingerprint density at radius 3 is 2.57 bits per heavy atom. The molecule has 0 unspecified atom stereocenters. The van der Waals surface area contributed by atoms with Crippen molar-refractivity contribution in [2.24, 2.45) is 0 Å². The maximum Gasteiger partial charge on any atom is 0.253 e. The lowest BCUT2D eigenvalue weighted by Gasteiger charge is -2.32. The zero-order valence-corrected chi connectivity index (χ0v) is 15.7. The second-order valence-electron chi connectivity index (χ2n) is 6.74. The van der Waals surface area contributed by atoms with E-state index < -0.39 is 0 Å². The first kappa shape index (κ1) is 18.0. The molecule has 2 aromatic heterocycles. The molecule has 6 heteroatoms. The van der Waals surface area contributed by atoms with Crippen LogP contribution in [0.3, 0.4) is 0 Å². The van der Waals surface area contributed by atoms with Gasteiger partial charge >= 0.3 is 0 Å². The second kappa shape index (κ2) is 8.07. The van der Waals surface area contributed by atoms with Gasteiger partial charge in [-0.2, -0.15) is 5.10 Å². The standard InChI is InChI=1S/C22H21N5O/c1-25-13-15-26(16-14-25)22(28)19-7-9-21(27-12-4-11-24-27)18(17-19)6-8-20-5-2-3-10-23-20/h2-5,7,9-12,17H,13-16H2,1H3. The number of benzene rings is 1. The summed E-state index contributed by atoms with van der Waals surface area (Å²) in [5.41, 5.74) is 2.91. The van der Waals surface area contributed by atoms with Crippen LogP contribution in [0.1, 0.15) is 21.6 Å². The van der Waals surface area contributed by atoms with Crippen LogP contribution in [0.4, 0.5) is 0 Å². The predicted molar refractivity (Wildman–Crippen MR) is 107 cm³/mol. The summed E-state index contributed by atoms with van der Waals surface area (Å²) in [6, 6.07) is 13.1. The normalized spacial score (nSPS) is 14.4. The van der Waals surface area contributed by atoms with E-state index in [1.54, 1.807) is 17.1 Å². The van der Waals surface area contributed by atoms with E-state index in [2.05, 4.69) is 33.9 Å². The summed E-state index contributed by atoms with van der Waals surface area (Å²) < 4.78 is 1.76. The van der Waals surface area contributed by atoms with E-state index in [1.807, 2.05) is 53.6 Å². The number of aromatic nitrogens is 3. The van der Waals surface area contributed by atoms with Crippen molar-refractivity contribution in [3.63, 3.8) is 0 Å². The van der Waals surface area contributed by atoms with E-state index in [0.717, 1.165) is 37.4 Å². The first-order chi connectivity index (χ1) is 13.7. The third-order valence-electron chi connectivity index (χ3n) is 4.78. The highest BCUT2D eigenvalue weighted by Gasteiger charge is 2.21. The van der Waals surface area contributed by atoms with Crippen LogP contribution >= 0.6 is 0 Å². The largest absolute Gasteiger partial charge is 0.336 e. The van der Waals surface area contributed by atoms with E-state index >= 15 is 0 Å². The number of pyridine rings is 1. The number of carbonyl (C=O) groups is 1. The Balaban J connectivity index is 1.68. The van der Waals surface area contributed by atoms with Crippen molar-refractivity contribution < 1.29 is 4.79 Å². The first-order valence-corrected chi connectivity index (χ1v) is 9.26. The number of rotatable bonds is 2. The van der Waals surface area contributed by atoms with Gasteiger partial charge in [0.25, 0.3) is 5.91 Å². The lowest BCUT2D eigenvalue weighted by Crippen LogP contribution is -2.47. The number of carbonyl (C=O) groups excluding carboxylic acids is 1. The summed E-state index contributed by atoms with van der Waals surface area (Å²) in [6.45, 7) is 3.27. The fraction of sp³-hybridized carbons (Fsp3) is 0.227. The maximum atomic E-state index is 13.0. The van der Waals surface area contributed by atoms with E-state index in [-0.39, 0.29) is 5.91 Å². The van der Waals surface area contributed by atoms with Crippen molar-refractivity contribution in [3.8, 4) is 17.5 Å². The quantitative estimate of drug-likeness (QED) is 0.647. The molecule has 1 aliphatic heterocycles. The Kier molecular flexibility index (Phi) is 5.18. The number of nitrogens with zero attached hydrogens (tertiary/aromatic N) is 5. The van der Waals surface area contributed by atoms with Gasteiger partial charge in [-0.05, 0) is 49.4 Å². The van der Waals surface area contributed by atoms with Crippen molar-refractivity contribution >= 4 is 5.91 Å². The summed E-state index contributed by atoms with van der Waals surface area (Å²) in [7, 11) is 2.08. The molecule has 1 fully saturated rings. The highest BCUT2D eigenvalue weighted by Crippen LogP contribution is 2.17. The third-order valence-corrected chi connectivity index (χ3v) is 4.78. The van der Waals surface area contributed by atoms with Gasteiger partial charge in [-0.1, -0.05) is 12.0 Å². The van der Waals surface area contributed by atoms with Gasteiger partial charge in [0.2, 0.25) is 0 Å². The SMILES string of the molecule is CN1CCN(C(=O)c2ccc(-n3cccn3)c(C#Cc3ccccn3)c2)CC1. The summed E-state index contributed by atoms with van der Waals surface area (Å²) >= 11 is 0. The van der Waals surface area contributed by atoms with E-state index in [9.17, 15) is 4.79 Å². The lowest BCUT2D eigenvalue weighted by atomic mass is 10.1. The summed E-state index contributed by atoms with van der Waals surface area (Å²) in [5, 5.41) is 4.31. The molecule has 140 valence electrons. The first-order valence-electron chi connectivity index (χ1n) is 9.26. The third kappa shape index (κ3) is 3.95. The number of hydrogen-bond acceptors (Lipinski definition) is 4. The maximum absolute atomic E-state index is 13.0. The number of hydrogen-bond donors (Lipinski definition) is 0. The Morgan fingerprint density at radius 1 is 1.00 bits per heavy atom. The van der Waals surface area contributed by atoms with E-state index in [4.69, 9.17) is 0 Å². The van der Waals surface area contributed by atoms with Crippen molar-refractivity contribution in [2.45, 2.75) is 0 Å². The zero-order valence-electron chi connectivity index (χ0n) is 15.7. The molecule has 0 radical (unpaired) electrons. The Labute approximate surface area is 164 Å². The molecule has 1 saturated heterocycles. The molecule has 0 saturated carbocycles. The molecule has 0 aliphatic carbocycles. The molecule has 0 spiro atoms. The van der Waals surface area contributed by atoms with Crippen LogP contribution in [0.2, 0.25) is 0 Å². The van der Waals surface area contributed by atoms with E-state index in [1.165, 1.54) is 0 Å². The van der Waals surface area contributed by atoms with Crippen molar-refractivity contribution in [1.82, 2.24) is 24.6 Å². The average Bonchev–Trinajstić information content (AvgIpc) is 3.27. The average molecular weight is 371 g/mol. The molecule has 1 aliphatic rings. The van der Waals surface area contributed by atoms with Crippen LogP contribution in [0, 0.1) is 11.8 Å². The summed E-state index contributed by atoms with van der Waals surface area (Å²) in [5.74, 6) is 6.29. The molecule has 0 atom stereocenters. The lowest BCUT2D eigenvalue weighted by molar-refractivity contribution is 0.0664. The van der Waals surface area contributed by atoms with Gasteiger partial charge in [0, 0.05) is 50.3 Å². The van der Waals surface area contributed by atoms with Crippen LogP contribution in [0.25, 0.3) is 5.69 Å². The molecule has 6 nitrogen and oxygen atoms in total. The highest BCUT2D eigenvalue weighted by molar-refractivity contribution is 5.95. The van der Waals surface area contributed by atoms with Crippen LogP contribution in [-0.2, 0) is 0 Å². The molecule has 1 aromatic carbocycles. The van der Waals surface area contributed by atoms with Crippen LogP contribution in [-0.4, -0.2) is 63.7 Å². The minimum Gasteiger partial charge on any atom is -0.336 e. The van der Waals surface area contributed by atoms with Gasteiger partial charge < -0.3 is 9.80 Å². The Morgan fingerprint density at radius 2 is 1.86 bits per heavy atom. The van der Waals surface area contributed by atoms with Gasteiger partial charge in [0.05, 0.1) is 11.3 Å². The molecule has 28 heavy (non-hydrogen) atoms. The molecule has 3 heterocycles. The molecular weight excluding hydrogens is 350 g/mol. The predicted octanol–water partition coefficient (Wildman–Crippen LogP) is 2.05. The number of piperazine rings is 1. The van der Waals surface area contributed by atoms with Crippen LogP contribution in [0.5, 0.6) is 0 Å². The molecule has 4 rings (SSSR count). The van der Waals surface area contributed by atoms with Gasteiger partial charge in [-0.3, -0.25) is 4.79 Å². The van der Waals surface area contributed by atoms with Crippen molar-refractivity contribution in [1.29, 1.82) is 0 Å². The molecule has 3 aromatic rings. The highest BCUT2D eigenvalue weighted by atomic mass is 16.2. The van der Waals surface area contributed by atoms with Gasteiger partial charge in [0.15, 0.2) is 0 Å². The Hall–Kier alpha value is -3.43. The fourth-order valence-electron chi connectivity index (χ4n) is 3.14. The molecule has 1 amide bonds. The Bertz CT molecular complexity index is 1010. The summed E-state index contributed by atoms with van der Waals surface area (Å²) in [6.07, 6.45) is 5.30. The molecule has 0 bridgehead atoms.